The van der Waals surface area contributed by atoms with Gasteiger partial charge in [-0.1, -0.05) is 30.3 Å². The van der Waals surface area contributed by atoms with Crippen LogP contribution in [0.3, 0.4) is 0 Å². The number of aromatic nitrogens is 1. The first-order valence-electron chi connectivity index (χ1n) is 8.18. The van der Waals surface area contributed by atoms with E-state index in [1.165, 1.54) is 0 Å². The number of hydrogen-bond donors (Lipinski definition) is 2. The van der Waals surface area contributed by atoms with Crippen LogP contribution in [-0.2, 0) is 0 Å². The van der Waals surface area contributed by atoms with Crippen molar-refractivity contribution in [1.82, 2.24) is 4.98 Å². The first-order valence-corrected chi connectivity index (χ1v) is 8.18. The fourth-order valence-corrected chi connectivity index (χ4v) is 3.39. The highest BCUT2D eigenvalue weighted by Crippen LogP contribution is 2.46. The van der Waals surface area contributed by atoms with Crippen molar-refractivity contribution in [3.8, 4) is 11.8 Å². The normalized spacial score (nSPS) is 16.1. The first-order chi connectivity index (χ1) is 12.7. The lowest BCUT2D eigenvalue weighted by atomic mass is 9.82. The molecule has 0 unspecified atom stereocenters. The topological polar surface area (TPSA) is 86.2 Å². The van der Waals surface area contributed by atoms with Crippen LogP contribution in [0.15, 0.2) is 84.5 Å². The Hall–Kier alpha value is -3.78. The molecule has 3 N–H and O–H groups in total. The van der Waals surface area contributed by atoms with Gasteiger partial charge in [-0.25, -0.2) is 0 Å². The summed E-state index contributed by atoms with van der Waals surface area (Å²) in [5, 5.41) is 19.9. The van der Waals surface area contributed by atoms with E-state index in [0.29, 0.717) is 11.4 Å². The number of rotatable bonds is 2. The number of phenols is 1. The Morgan fingerprint density at radius 1 is 1.08 bits per heavy atom. The van der Waals surface area contributed by atoms with Gasteiger partial charge < -0.3 is 10.8 Å². The molecule has 0 radical (unpaired) electrons. The Balaban J connectivity index is 2.01. The molecule has 26 heavy (non-hydrogen) atoms. The molecule has 0 fully saturated rings. The van der Waals surface area contributed by atoms with Crippen molar-refractivity contribution in [2.45, 2.75) is 5.92 Å². The minimum atomic E-state index is -0.329. The second-order valence-corrected chi connectivity index (χ2v) is 6.04. The van der Waals surface area contributed by atoms with Gasteiger partial charge in [-0.3, -0.25) is 9.88 Å². The van der Waals surface area contributed by atoms with Crippen LogP contribution in [0.1, 0.15) is 17.0 Å². The number of phenolic OH excluding ortho intramolecular Hbond substituents is 1. The first kappa shape index (κ1) is 15.7. The highest BCUT2D eigenvalue weighted by Gasteiger charge is 2.34. The molecule has 3 aromatic rings. The standard InChI is InChI=1S/C21H16N4O/c22-12-18-20(14-5-4-10-24-13-14)17-9-8-16(26)11-19(17)25(21(18)23)15-6-2-1-3-7-15/h1-11,13,20,26H,23H2/t20-/m1/s1. The van der Waals surface area contributed by atoms with E-state index in [0.717, 1.165) is 22.5 Å². The van der Waals surface area contributed by atoms with E-state index in [4.69, 9.17) is 5.73 Å². The minimum absolute atomic E-state index is 0.142. The van der Waals surface area contributed by atoms with Crippen LogP contribution in [0.25, 0.3) is 0 Å². The molecular weight excluding hydrogens is 324 g/mol. The largest absolute Gasteiger partial charge is 0.508 e. The SMILES string of the molecule is N#CC1=C(N)N(c2ccccc2)c2cc(O)ccc2[C@H]1c1cccnc1. The Kier molecular flexibility index (Phi) is 3.79. The monoisotopic (exact) mass is 340 g/mol. The summed E-state index contributed by atoms with van der Waals surface area (Å²) in [4.78, 5) is 5.99. The van der Waals surface area contributed by atoms with Crippen molar-refractivity contribution < 1.29 is 5.11 Å². The molecule has 4 rings (SSSR count). The number of hydrogen-bond acceptors (Lipinski definition) is 5. The zero-order chi connectivity index (χ0) is 18.1. The van der Waals surface area contributed by atoms with Gasteiger partial charge in [0.15, 0.2) is 0 Å². The predicted molar refractivity (Wildman–Crippen MR) is 99.6 cm³/mol. The summed E-state index contributed by atoms with van der Waals surface area (Å²) in [6.07, 6.45) is 3.43. The number of anilines is 2. The van der Waals surface area contributed by atoms with Gasteiger partial charge in [0.2, 0.25) is 0 Å². The summed E-state index contributed by atoms with van der Waals surface area (Å²) in [5.74, 6) is 0.165. The third-order valence-electron chi connectivity index (χ3n) is 4.52. The van der Waals surface area contributed by atoms with Gasteiger partial charge >= 0.3 is 0 Å². The lowest BCUT2D eigenvalue weighted by Gasteiger charge is -2.36. The van der Waals surface area contributed by atoms with E-state index < -0.39 is 0 Å². The number of nitrogens with two attached hydrogens (primary N) is 1. The Morgan fingerprint density at radius 3 is 2.58 bits per heavy atom. The van der Waals surface area contributed by atoms with E-state index in [1.807, 2.05) is 48.5 Å². The van der Waals surface area contributed by atoms with Crippen molar-refractivity contribution >= 4 is 11.4 Å². The van der Waals surface area contributed by atoms with Crippen LogP contribution in [0.5, 0.6) is 5.75 Å². The fourth-order valence-electron chi connectivity index (χ4n) is 3.39. The smallest absolute Gasteiger partial charge is 0.123 e. The Bertz CT molecular complexity index is 1020. The average molecular weight is 340 g/mol. The zero-order valence-electron chi connectivity index (χ0n) is 13.9. The molecule has 1 atom stereocenters. The molecule has 0 amide bonds. The maximum atomic E-state index is 10.1. The molecule has 1 aliphatic heterocycles. The molecule has 5 nitrogen and oxygen atoms in total. The second-order valence-electron chi connectivity index (χ2n) is 6.04. The van der Waals surface area contributed by atoms with Gasteiger partial charge in [0.1, 0.15) is 11.6 Å². The summed E-state index contributed by atoms with van der Waals surface area (Å²) in [6, 6.07) is 20.7. The number of allylic oxidation sites excluding steroid dienone is 1. The van der Waals surface area contributed by atoms with Gasteiger partial charge in [0.25, 0.3) is 0 Å². The minimum Gasteiger partial charge on any atom is -0.508 e. The van der Waals surface area contributed by atoms with Crippen LogP contribution in [-0.4, -0.2) is 10.1 Å². The molecule has 1 aliphatic rings. The average Bonchev–Trinajstić information content (AvgIpc) is 2.68. The van der Waals surface area contributed by atoms with E-state index in [1.54, 1.807) is 29.4 Å². The lowest BCUT2D eigenvalue weighted by Crippen LogP contribution is -2.31. The third-order valence-corrected chi connectivity index (χ3v) is 4.52. The van der Waals surface area contributed by atoms with E-state index >= 15 is 0 Å². The van der Waals surface area contributed by atoms with Gasteiger partial charge in [0, 0.05) is 24.1 Å². The van der Waals surface area contributed by atoms with Crippen LogP contribution >= 0.6 is 0 Å². The molecule has 0 saturated heterocycles. The Labute approximate surface area is 151 Å². The third kappa shape index (κ3) is 2.45. The van der Waals surface area contributed by atoms with E-state index in [-0.39, 0.29) is 11.7 Å². The highest BCUT2D eigenvalue weighted by atomic mass is 16.3. The van der Waals surface area contributed by atoms with Crippen molar-refractivity contribution in [2.24, 2.45) is 5.73 Å². The van der Waals surface area contributed by atoms with Crippen molar-refractivity contribution in [2.75, 3.05) is 4.90 Å². The molecule has 0 bridgehead atoms. The number of nitrogens with zero attached hydrogens (tertiary/aromatic N) is 3. The van der Waals surface area contributed by atoms with Crippen molar-refractivity contribution in [3.63, 3.8) is 0 Å². The van der Waals surface area contributed by atoms with Crippen LogP contribution in [0, 0.1) is 11.3 Å². The summed E-state index contributed by atoms with van der Waals surface area (Å²) in [5.41, 5.74) is 10.3. The predicted octanol–water partition coefficient (Wildman–Crippen LogP) is 3.76. The summed E-state index contributed by atoms with van der Waals surface area (Å²) < 4.78 is 0. The quantitative estimate of drug-likeness (QED) is 0.742. The summed E-state index contributed by atoms with van der Waals surface area (Å²) in [6.45, 7) is 0. The molecular formula is C21H16N4O. The second kappa shape index (κ2) is 6.26. The number of benzene rings is 2. The molecule has 0 spiro atoms. The number of aromatic hydroxyl groups is 1. The molecule has 1 aromatic heterocycles. The van der Waals surface area contributed by atoms with Crippen molar-refractivity contribution in [3.05, 3.63) is 95.6 Å². The highest BCUT2D eigenvalue weighted by molar-refractivity contribution is 5.78. The zero-order valence-corrected chi connectivity index (χ0v) is 13.9. The molecule has 5 heteroatoms. The molecule has 2 aromatic carbocycles. The van der Waals surface area contributed by atoms with Crippen LogP contribution in [0.4, 0.5) is 11.4 Å². The maximum Gasteiger partial charge on any atom is 0.123 e. The number of para-hydroxylation sites is 1. The van der Waals surface area contributed by atoms with Crippen molar-refractivity contribution in [1.29, 1.82) is 5.26 Å². The van der Waals surface area contributed by atoms with Gasteiger partial charge in [-0.2, -0.15) is 5.26 Å². The van der Waals surface area contributed by atoms with Crippen LogP contribution in [0.2, 0.25) is 0 Å². The van der Waals surface area contributed by atoms with Gasteiger partial charge in [0.05, 0.1) is 23.2 Å². The number of pyridine rings is 1. The lowest BCUT2D eigenvalue weighted by molar-refractivity contribution is 0.475. The van der Waals surface area contributed by atoms with Gasteiger partial charge in [-0.15, -0.1) is 0 Å². The Morgan fingerprint density at radius 2 is 1.88 bits per heavy atom. The van der Waals surface area contributed by atoms with E-state index in [2.05, 4.69) is 11.1 Å². The van der Waals surface area contributed by atoms with Crippen LogP contribution < -0.4 is 10.6 Å². The molecule has 2 heterocycles. The molecule has 0 aliphatic carbocycles. The summed E-state index contributed by atoms with van der Waals surface area (Å²) in [7, 11) is 0. The maximum absolute atomic E-state index is 10.1. The van der Waals surface area contributed by atoms with E-state index in [9.17, 15) is 10.4 Å². The number of nitriles is 1. The fraction of sp³-hybridized carbons (Fsp3) is 0.0476. The molecule has 0 saturated carbocycles. The molecule has 126 valence electrons. The van der Waals surface area contributed by atoms with Gasteiger partial charge in [-0.05, 0) is 35.4 Å². The number of fused-ring (bicyclic) bond motifs is 1. The summed E-state index contributed by atoms with van der Waals surface area (Å²) >= 11 is 0.